The van der Waals surface area contributed by atoms with Gasteiger partial charge < -0.3 is 15.2 Å². The zero-order valence-corrected chi connectivity index (χ0v) is 18.6. The number of ether oxygens (including phenoxy) is 1. The van der Waals surface area contributed by atoms with Crippen molar-refractivity contribution >= 4 is 17.8 Å². The molecule has 0 aliphatic heterocycles. The number of hydrogen-bond acceptors (Lipinski definition) is 4. The second-order valence-electron chi connectivity index (χ2n) is 6.77. The van der Waals surface area contributed by atoms with Gasteiger partial charge in [-0.2, -0.15) is 0 Å². The van der Waals surface area contributed by atoms with Crippen LogP contribution in [-0.2, 0) is 25.5 Å². The van der Waals surface area contributed by atoms with E-state index < -0.39 is 5.97 Å². The molecule has 0 heterocycles. The van der Waals surface area contributed by atoms with Gasteiger partial charge >= 0.3 is 11.9 Å². The first kappa shape index (κ1) is 25.9. The van der Waals surface area contributed by atoms with Crippen LogP contribution in [0.5, 0.6) is 0 Å². The van der Waals surface area contributed by atoms with Crippen LogP contribution in [0.2, 0.25) is 0 Å². The Hall–Kier alpha value is -3.15. The van der Waals surface area contributed by atoms with Crippen LogP contribution >= 0.6 is 0 Å². The molecule has 0 saturated carbocycles. The van der Waals surface area contributed by atoms with Crippen LogP contribution in [0.4, 0.5) is 0 Å². The fourth-order valence-corrected chi connectivity index (χ4v) is 3.02. The number of benzene rings is 2. The van der Waals surface area contributed by atoms with Crippen molar-refractivity contribution in [3.05, 3.63) is 60.2 Å². The number of hydrogen-bond donors (Lipinski definition) is 2. The molecule has 0 saturated heterocycles. The van der Waals surface area contributed by atoms with Gasteiger partial charge in [0, 0.05) is 18.9 Å². The molecule has 0 aliphatic carbocycles. The monoisotopic (exact) mass is 427 g/mol. The minimum atomic E-state index is -1.01. The average Bonchev–Trinajstić information content (AvgIpc) is 2.79. The van der Waals surface area contributed by atoms with Crippen molar-refractivity contribution in [1.82, 2.24) is 5.32 Å². The Balaban J connectivity index is 0.00000233. The van der Waals surface area contributed by atoms with E-state index in [-0.39, 0.29) is 37.2 Å². The fraction of sp³-hybridized carbons (Fsp3) is 0.400. The van der Waals surface area contributed by atoms with Crippen molar-refractivity contribution in [3.63, 3.8) is 0 Å². The first-order valence-corrected chi connectivity index (χ1v) is 10.8. The summed E-state index contributed by atoms with van der Waals surface area (Å²) in [4.78, 5) is 34.4. The van der Waals surface area contributed by atoms with Gasteiger partial charge in [0.2, 0.25) is 5.91 Å². The standard InChI is InChI=1S/C23H27NO5.C2H6/c1-2-29-23(28)15-12-20(24-21(25)13-14-22(26)27)16-17-8-10-19(11-9-17)18-6-4-3-5-7-18;1-2/h3-11,20H,2,12-16H2,1H3,(H,24,25)(H,26,27);1-2H3. The number of esters is 1. The molecule has 2 aromatic carbocycles. The average molecular weight is 428 g/mol. The minimum Gasteiger partial charge on any atom is -0.481 e. The summed E-state index contributed by atoms with van der Waals surface area (Å²) in [6.07, 6.45) is 0.867. The van der Waals surface area contributed by atoms with E-state index in [0.717, 1.165) is 16.7 Å². The second kappa shape index (κ2) is 14.8. The van der Waals surface area contributed by atoms with Gasteiger partial charge in [-0.15, -0.1) is 0 Å². The maximum absolute atomic E-state index is 12.1. The number of rotatable bonds is 11. The molecule has 0 spiro atoms. The molecule has 0 aromatic heterocycles. The molecular weight excluding hydrogens is 394 g/mol. The SMILES string of the molecule is CC.CCOC(=O)CCC(Cc1ccc(-c2ccccc2)cc1)NC(=O)CCC(=O)O. The molecule has 6 nitrogen and oxygen atoms in total. The summed E-state index contributed by atoms with van der Waals surface area (Å²) in [6.45, 7) is 6.06. The van der Waals surface area contributed by atoms with Crippen LogP contribution < -0.4 is 5.32 Å². The Morgan fingerprint density at radius 1 is 0.903 bits per heavy atom. The van der Waals surface area contributed by atoms with Crippen LogP contribution in [-0.4, -0.2) is 35.6 Å². The lowest BCUT2D eigenvalue weighted by Gasteiger charge is -2.19. The van der Waals surface area contributed by atoms with Crippen molar-refractivity contribution in [2.24, 2.45) is 0 Å². The number of carboxylic acid groups (broad SMARTS) is 1. The van der Waals surface area contributed by atoms with E-state index in [2.05, 4.69) is 5.32 Å². The van der Waals surface area contributed by atoms with Gasteiger partial charge in [-0.25, -0.2) is 0 Å². The predicted molar refractivity (Wildman–Crippen MR) is 122 cm³/mol. The van der Waals surface area contributed by atoms with Crippen molar-refractivity contribution in [3.8, 4) is 11.1 Å². The normalized spacial score (nSPS) is 10.9. The number of carboxylic acids is 1. The number of carbonyl (C=O) groups is 3. The summed E-state index contributed by atoms with van der Waals surface area (Å²) in [5, 5.41) is 11.6. The maximum Gasteiger partial charge on any atom is 0.305 e. The topological polar surface area (TPSA) is 92.7 Å². The van der Waals surface area contributed by atoms with Gasteiger partial charge in [-0.05, 0) is 36.5 Å². The Morgan fingerprint density at radius 3 is 2.10 bits per heavy atom. The fourth-order valence-electron chi connectivity index (χ4n) is 3.02. The molecule has 1 atom stereocenters. The molecule has 2 N–H and O–H groups in total. The lowest BCUT2D eigenvalue weighted by molar-refractivity contribution is -0.143. The number of aliphatic carboxylic acids is 1. The molecular formula is C25H33NO5. The highest BCUT2D eigenvalue weighted by Gasteiger charge is 2.16. The summed E-state index contributed by atoms with van der Waals surface area (Å²) in [7, 11) is 0. The van der Waals surface area contributed by atoms with Crippen molar-refractivity contribution < 1.29 is 24.2 Å². The Labute approximate surface area is 184 Å². The van der Waals surface area contributed by atoms with Gasteiger partial charge in [-0.3, -0.25) is 14.4 Å². The Morgan fingerprint density at radius 2 is 1.52 bits per heavy atom. The molecule has 1 amide bonds. The molecule has 0 aliphatic rings. The van der Waals surface area contributed by atoms with Gasteiger partial charge in [-0.1, -0.05) is 68.4 Å². The highest BCUT2D eigenvalue weighted by atomic mass is 16.5. The lowest BCUT2D eigenvalue weighted by Crippen LogP contribution is -2.37. The molecule has 168 valence electrons. The van der Waals surface area contributed by atoms with Crippen molar-refractivity contribution in [1.29, 1.82) is 0 Å². The highest BCUT2D eigenvalue weighted by molar-refractivity contribution is 5.81. The molecule has 0 fully saturated rings. The van der Waals surface area contributed by atoms with E-state index in [1.165, 1.54) is 0 Å². The third-order valence-electron chi connectivity index (χ3n) is 4.48. The van der Waals surface area contributed by atoms with E-state index in [9.17, 15) is 14.4 Å². The summed E-state index contributed by atoms with van der Waals surface area (Å²) in [6, 6.07) is 17.8. The summed E-state index contributed by atoms with van der Waals surface area (Å²) >= 11 is 0. The first-order chi connectivity index (χ1) is 15.0. The number of nitrogens with one attached hydrogen (secondary N) is 1. The van der Waals surface area contributed by atoms with E-state index in [4.69, 9.17) is 9.84 Å². The smallest absolute Gasteiger partial charge is 0.305 e. The third kappa shape index (κ3) is 10.4. The van der Waals surface area contributed by atoms with Crippen molar-refractivity contribution in [2.45, 2.75) is 58.9 Å². The number of amides is 1. The quantitative estimate of drug-likeness (QED) is 0.511. The van der Waals surface area contributed by atoms with E-state index in [1.54, 1.807) is 6.92 Å². The Bertz CT molecular complexity index is 802. The van der Waals surface area contributed by atoms with Gasteiger partial charge in [0.1, 0.15) is 0 Å². The summed E-state index contributed by atoms with van der Waals surface area (Å²) in [5.41, 5.74) is 3.25. The van der Waals surface area contributed by atoms with Crippen LogP contribution in [0.15, 0.2) is 54.6 Å². The van der Waals surface area contributed by atoms with Crippen molar-refractivity contribution in [2.75, 3.05) is 6.61 Å². The molecule has 6 heteroatoms. The first-order valence-electron chi connectivity index (χ1n) is 10.8. The van der Waals surface area contributed by atoms with Crippen LogP contribution in [0, 0.1) is 0 Å². The van der Waals surface area contributed by atoms with Crippen LogP contribution in [0.25, 0.3) is 11.1 Å². The van der Waals surface area contributed by atoms with Crippen LogP contribution in [0.3, 0.4) is 0 Å². The van der Waals surface area contributed by atoms with Gasteiger partial charge in [0.15, 0.2) is 0 Å². The van der Waals surface area contributed by atoms with Gasteiger partial charge in [0.05, 0.1) is 13.0 Å². The van der Waals surface area contributed by atoms with E-state index in [1.807, 2.05) is 68.4 Å². The molecule has 0 radical (unpaired) electrons. The lowest BCUT2D eigenvalue weighted by atomic mass is 9.98. The largest absolute Gasteiger partial charge is 0.481 e. The zero-order chi connectivity index (χ0) is 23.1. The molecule has 31 heavy (non-hydrogen) atoms. The zero-order valence-electron chi connectivity index (χ0n) is 18.6. The number of carbonyl (C=O) groups excluding carboxylic acids is 2. The molecule has 2 aromatic rings. The minimum absolute atomic E-state index is 0.0851. The Kier molecular flexibility index (Phi) is 12.3. The maximum atomic E-state index is 12.1. The highest BCUT2D eigenvalue weighted by Crippen LogP contribution is 2.20. The van der Waals surface area contributed by atoms with E-state index >= 15 is 0 Å². The van der Waals surface area contributed by atoms with Crippen LogP contribution in [0.1, 0.15) is 52.0 Å². The molecule has 1 unspecified atom stereocenters. The van der Waals surface area contributed by atoms with Gasteiger partial charge in [0.25, 0.3) is 0 Å². The predicted octanol–water partition coefficient (Wildman–Crippen LogP) is 4.62. The third-order valence-corrected chi connectivity index (χ3v) is 4.48. The van der Waals surface area contributed by atoms with E-state index in [0.29, 0.717) is 19.4 Å². The second-order valence-corrected chi connectivity index (χ2v) is 6.77. The summed E-state index contributed by atoms with van der Waals surface area (Å²) in [5.74, 6) is -1.65. The summed E-state index contributed by atoms with van der Waals surface area (Å²) < 4.78 is 4.96. The molecule has 2 rings (SSSR count). The molecule has 0 bridgehead atoms.